The molecule has 0 saturated heterocycles. The summed E-state index contributed by atoms with van der Waals surface area (Å²) in [5, 5.41) is 17.9. The molecule has 2 saturated carbocycles. The van der Waals surface area contributed by atoms with Crippen LogP contribution in [0.25, 0.3) is 22.0 Å². The van der Waals surface area contributed by atoms with E-state index >= 15 is 0 Å². The summed E-state index contributed by atoms with van der Waals surface area (Å²) >= 11 is 0. The van der Waals surface area contributed by atoms with Crippen molar-refractivity contribution in [2.45, 2.75) is 109 Å². The predicted octanol–water partition coefficient (Wildman–Crippen LogP) is 6.43. The second kappa shape index (κ2) is 18.4. The zero-order valence-electron chi connectivity index (χ0n) is 34.6. The van der Waals surface area contributed by atoms with E-state index in [-0.39, 0.29) is 47.6 Å². The van der Waals surface area contributed by atoms with Gasteiger partial charge < -0.3 is 30.9 Å². The van der Waals surface area contributed by atoms with E-state index in [9.17, 15) is 24.0 Å². The predicted molar refractivity (Wildman–Crippen MR) is 227 cm³/mol. The molecule has 0 bridgehead atoms. The van der Waals surface area contributed by atoms with E-state index in [0.29, 0.717) is 47.6 Å². The van der Waals surface area contributed by atoms with Crippen LogP contribution in [0.1, 0.15) is 93.6 Å². The van der Waals surface area contributed by atoms with Crippen LogP contribution in [0.5, 0.6) is 0 Å². The number of aryl methyl sites for hydroxylation is 1. The first-order valence-corrected chi connectivity index (χ1v) is 20.6. The smallest absolute Gasteiger partial charge is 0.407 e. The fraction of sp³-hybridized carbons (Fsp3) is 0.489. The van der Waals surface area contributed by atoms with Crippen LogP contribution in [0.15, 0.2) is 65.5 Å². The Kier molecular flexibility index (Phi) is 13.4. The summed E-state index contributed by atoms with van der Waals surface area (Å²) in [5.74, 6) is -0.627. The first-order chi connectivity index (χ1) is 27.6. The monoisotopic (exact) mass is 793 g/mol. The molecule has 58 heavy (non-hydrogen) atoms. The Balaban J connectivity index is 1.09. The lowest BCUT2D eigenvalue weighted by atomic mass is 9.81. The molecule has 4 amide bonds. The topological polar surface area (TPSA) is 178 Å². The number of nitrogens with zero attached hydrogens (tertiary/aromatic N) is 1. The van der Waals surface area contributed by atoms with Crippen LogP contribution in [0.2, 0.25) is 0 Å². The zero-order chi connectivity index (χ0) is 41.6. The summed E-state index contributed by atoms with van der Waals surface area (Å²) in [4.78, 5) is 67.2. The molecule has 4 aromatic rings. The van der Waals surface area contributed by atoms with E-state index in [2.05, 4.69) is 50.5 Å². The first kappa shape index (κ1) is 42.2. The molecular formula is C45H59N7O6. The highest BCUT2D eigenvalue weighted by Gasteiger charge is 2.31. The summed E-state index contributed by atoms with van der Waals surface area (Å²) in [5.41, 5.74) is 4.70. The largest absolute Gasteiger partial charge is 0.444 e. The average Bonchev–Trinajstić information content (AvgIpc) is 3.56. The summed E-state index contributed by atoms with van der Waals surface area (Å²) in [6.45, 7) is 7.96. The van der Waals surface area contributed by atoms with Crippen molar-refractivity contribution in [1.82, 2.24) is 31.0 Å². The van der Waals surface area contributed by atoms with Crippen LogP contribution in [-0.4, -0.2) is 83.3 Å². The molecule has 2 aliphatic carbocycles. The fourth-order valence-electron chi connectivity index (χ4n) is 8.20. The van der Waals surface area contributed by atoms with Gasteiger partial charge >= 0.3 is 6.09 Å². The van der Waals surface area contributed by atoms with Crippen LogP contribution in [0, 0.1) is 18.8 Å². The third-order valence-corrected chi connectivity index (χ3v) is 11.6. The van der Waals surface area contributed by atoms with Gasteiger partial charge in [0.1, 0.15) is 11.6 Å². The number of hydrogen-bond acceptors (Lipinski definition) is 7. The lowest BCUT2D eigenvalue weighted by Crippen LogP contribution is -2.48. The van der Waals surface area contributed by atoms with Gasteiger partial charge in [-0.3, -0.25) is 29.4 Å². The molecule has 2 aliphatic rings. The van der Waals surface area contributed by atoms with E-state index in [4.69, 9.17) is 4.74 Å². The Hall–Kier alpha value is -5.43. The number of alkyl carbamates (subject to hydrolysis) is 1. The number of carbonyl (C=O) groups is 4. The third kappa shape index (κ3) is 11.1. The number of amides is 4. The maximum atomic E-state index is 13.9. The summed E-state index contributed by atoms with van der Waals surface area (Å²) in [7, 11) is 4.23. The second-order valence-electron chi connectivity index (χ2n) is 17.4. The molecular weight excluding hydrogens is 735 g/mol. The number of aromatic amines is 2. The van der Waals surface area contributed by atoms with Crippen LogP contribution in [0.4, 0.5) is 10.5 Å². The van der Waals surface area contributed by atoms with Gasteiger partial charge in [-0.15, -0.1) is 0 Å². The maximum Gasteiger partial charge on any atom is 0.407 e. The molecule has 6 N–H and O–H groups in total. The molecule has 310 valence electrons. The van der Waals surface area contributed by atoms with Crippen molar-refractivity contribution in [3.63, 3.8) is 0 Å². The standard InChI is InChI=1S/C45H59N7O6/c1-27-23-32(41(54)47-33-16-19-35(20-17-33)52(5)6)15-21-36(27)30-11-7-28(8-12-30)24-39(43(56)48-34-18-22-37-38(25-34)50-51-42(37)55)49-40(53)31-13-9-29(10-14-31)26-46-44(57)58-45(2,3)4/h7-8,11-12,15,18,21-23,25,29,31,33,35,39H,9-10,13-14,16-17,19-20,24,26H2,1-6H3,(H,46,57)(H,47,54)(H,48,56)(H,49,53)(H2,50,51,55)/t29?,31?,33?,35?,39-/m0/s1. The average molecular weight is 794 g/mol. The first-order valence-electron chi connectivity index (χ1n) is 20.6. The van der Waals surface area contributed by atoms with E-state index in [0.717, 1.165) is 60.8 Å². The molecule has 13 nitrogen and oxygen atoms in total. The summed E-state index contributed by atoms with van der Waals surface area (Å²) in [6, 6.07) is 18.6. The molecule has 13 heteroatoms. The number of carbonyl (C=O) groups excluding carboxylic acids is 4. The van der Waals surface area contributed by atoms with Gasteiger partial charge in [0.15, 0.2) is 0 Å². The molecule has 0 aliphatic heterocycles. The molecule has 3 aromatic carbocycles. The van der Waals surface area contributed by atoms with E-state index in [1.807, 2.05) is 70.2 Å². The number of H-pyrrole nitrogens is 2. The van der Waals surface area contributed by atoms with Crippen LogP contribution in [-0.2, 0) is 20.7 Å². The lowest BCUT2D eigenvalue weighted by molar-refractivity contribution is -0.130. The number of fused-ring (bicyclic) bond motifs is 1. The van der Waals surface area contributed by atoms with Crippen molar-refractivity contribution in [1.29, 1.82) is 0 Å². The number of nitrogens with one attached hydrogen (secondary N) is 6. The highest BCUT2D eigenvalue weighted by atomic mass is 16.6. The van der Waals surface area contributed by atoms with Crippen LogP contribution >= 0.6 is 0 Å². The number of aromatic nitrogens is 2. The molecule has 2 fully saturated rings. The van der Waals surface area contributed by atoms with Gasteiger partial charge in [0, 0.05) is 42.2 Å². The van der Waals surface area contributed by atoms with Crippen molar-refractivity contribution >= 4 is 40.4 Å². The van der Waals surface area contributed by atoms with Crippen LogP contribution in [0.3, 0.4) is 0 Å². The molecule has 1 aromatic heterocycles. The number of benzene rings is 3. The fourth-order valence-corrected chi connectivity index (χ4v) is 8.20. The van der Waals surface area contributed by atoms with Gasteiger partial charge in [-0.05, 0) is 152 Å². The molecule has 6 rings (SSSR count). The molecule has 1 atom stereocenters. The normalized spacial score (nSPS) is 20.3. The number of anilines is 1. The Bertz CT molecular complexity index is 2130. The highest BCUT2D eigenvalue weighted by Crippen LogP contribution is 2.30. The van der Waals surface area contributed by atoms with Gasteiger partial charge in [-0.1, -0.05) is 30.3 Å². The minimum Gasteiger partial charge on any atom is -0.444 e. The van der Waals surface area contributed by atoms with E-state index in [1.165, 1.54) is 0 Å². The summed E-state index contributed by atoms with van der Waals surface area (Å²) < 4.78 is 5.36. The van der Waals surface area contributed by atoms with Crippen molar-refractivity contribution in [2.24, 2.45) is 11.8 Å². The third-order valence-electron chi connectivity index (χ3n) is 11.6. The molecule has 0 radical (unpaired) electrons. The number of hydrogen-bond donors (Lipinski definition) is 6. The van der Waals surface area contributed by atoms with Crippen molar-refractivity contribution < 1.29 is 23.9 Å². The van der Waals surface area contributed by atoms with Gasteiger partial charge in [0.25, 0.3) is 11.5 Å². The molecule has 1 heterocycles. The number of rotatable bonds is 12. The van der Waals surface area contributed by atoms with Crippen LogP contribution < -0.4 is 26.8 Å². The Morgan fingerprint density at radius 2 is 1.57 bits per heavy atom. The minimum absolute atomic E-state index is 0.0470. The van der Waals surface area contributed by atoms with Gasteiger partial charge in [-0.25, -0.2) is 4.79 Å². The van der Waals surface area contributed by atoms with Crippen molar-refractivity contribution in [2.75, 3.05) is 26.0 Å². The highest BCUT2D eigenvalue weighted by molar-refractivity contribution is 5.99. The lowest BCUT2D eigenvalue weighted by Gasteiger charge is -2.33. The van der Waals surface area contributed by atoms with Crippen molar-refractivity contribution in [3.05, 3.63) is 87.7 Å². The van der Waals surface area contributed by atoms with Crippen molar-refractivity contribution in [3.8, 4) is 11.1 Å². The van der Waals surface area contributed by atoms with Gasteiger partial charge in [-0.2, -0.15) is 0 Å². The zero-order valence-corrected chi connectivity index (χ0v) is 34.6. The van der Waals surface area contributed by atoms with E-state index in [1.54, 1.807) is 18.2 Å². The second-order valence-corrected chi connectivity index (χ2v) is 17.4. The molecule has 0 spiro atoms. The minimum atomic E-state index is -0.872. The Morgan fingerprint density at radius 1 is 0.862 bits per heavy atom. The number of ether oxygens (including phenoxy) is 1. The summed E-state index contributed by atoms with van der Waals surface area (Å²) in [6.07, 6.45) is 6.75. The Labute approximate surface area is 340 Å². The van der Waals surface area contributed by atoms with Gasteiger partial charge in [0.2, 0.25) is 11.8 Å². The van der Waals surface area contributed by atoms with Gasteiger partial charge in [0.05, 0.1) is 10.9 Å². The Morgan fingerprint density at radius 3 is 2.22 bits per heavy atom. The van der Waals surface area contributed by atoms with E-state index < -0.39 is 17.7 Å². The quantitative estimate of drug-likeness (QED) is 0.0958. The molecule has 0 unspecified atom stereocenters. The maximum absolute atomic E-state index is 13.9. The SMILES string of the molecule is Cc1cc(C(=O)NC2CCC(N(C)C)CC2)ccc1-c1ccc(C[C@H](NC(=O)C2CCC(CNC(=O)OC(C)(C)C)CC2)C(=O)Nc2ccc3c(=O)[nH][nH]c3c2)cc1.